The van der Waals surface area contributed by atoms with E-state index in [2.05, 4.69) is 69.7 Å². The Labute approximate surface area is 146 Å². The Balaban J connectivity index is 2.24. The summed E-state index contributed by atoms with van der Waals surface area (Å²) in [5, 5.41) is 13.2. The van der Waals surface area contributed by atoms with Crippen LogP contribution in [0.15, 0.2) is 59.1 Å². The van der Waals surface area contributed by atoms with E-state index in [1.165, 1.54) is 0 Å². The van der Waals surface area contributed by atoms with Crippen molar-refractivity contribution in [3.63, 3.8) is 0 Å². The number of hydrogen-bond donors (Lipinski definition) is 1. The van der Waals surface area contributed by atoms with Gasteiger partial charge in [-0.05, 0) is 75.2 Å². The van der Waals surface area contributed by atoms with Crippen LogP contribution in [0.4, 0.5) is 0 Å². The lowest BCUT2D eigenvalue weighted by Crippen LogP contribution is -2.05. The largest absolute Gasteiger partial charge is 0.384 e. The Bertz CT molecular complexity index is 813. The third-order valence-electron chi connectivity index (χ3n) is 3.71. The van der Waals surface area contributed by atoms with Crippen molar-refractivity contribution in [2.24, 2.45) is 0 Å². The maximum atomic E-state index is 11.0. The Hall–Kier alpha value is -0.910. The number of aryl methyl sites for hydroxylation is 1. The lowest BCUT2D eigenvalue weighted by molar-refractivity contribution is 0.220. The Morgan fingerprint density at radius 2 is 1.81 bits per heavy atom. The molecule has 3 aromatic carbocycles. The SMILES string of the molecule is Cc1ccc2ccccc2c1C(O)c1cc(Br)ccc1I. The lowest BCUT2D eigenvalue weighted by atomic mass is 9.92. The van der Waals surface area contributed by atoms with Gasteiger partial charge in [0.2, 0.25) is 0 Å². The summed E-state index contributed by atoms with van der Waals surface area (Å²) in [5.74, 6) is 0. The van der Waals surface area contributed by atoms with Crippen LogP contribution in [-0.2, 0) is 0 Å². The molecule has 1 atom stereocenters. The van der Waals surface area contributed by atoms with Crippen molar-refractivity contribution in [1.82, 2.24) is 0 Å². The van der Waals surface area contributed by atoms with Gasteiger partial charge in [0.05, 0.1) is 0 Å². The molecule has 0 aliphatic carbocycles. The number of benzene rings is 3. The van der Waals surface area contributed by atoms with Crippen LogP contribution in [0, 0.1) is 10.5 Å². The summed E-state index contributed by atoms with van der Waals surface area (Å²) in [7, 11) is 0. The predicted octanol–water partition coefficient (Wildman–Crippen LogP) is 5.60. The van der Waals surface area contributed by atoms with Gasteiger partial charge in [0.1, 0.15) is 6.10 Å². The maximum Gasteiger partial charge on any atom is 0.106 e. The number of aliphatic hydroxyl groups is 1. The van der Waals surface area contributed by atoms with E-state index in [9.17, 15) is 5.11 Å². The number of hydrogen-bond acceptors (Lipinski definition) is 1. The first kappa shape index (κ1) is 15.0. The van der Waals surface area contributed by atoms with Gasteiger partial charge in [-0.1, -0.05) is 52.3 Å². The Morgan fingerprint density at radius 3 is 2.62 bits per heavy atom. The summed E-state index contributed by atoms with van der Waals surface area (Å²) >= 11 is 5.76. The van der Waals surface area contributed by atoms with Crippen LogP contribution in [0.3, 0.4) is 0 Å². The van der Waals surface area contributed by atoms with Crippen LogP contribution in [0.25, 0.3) is 10.8 Å². The second kappa shape index (κ2) is 6.07. The molecule has 21 heavy (non-hydrogen) atoms. The van der Waals surface area contributed by atoms with Crippen molar-refractivity contribution in [2.45, 2.75) is 13.0 Å². The molecule has 0 spiro atoms. The van der Waals surface area contributed by atoms with Crippen molar-refractivity contribution in [3.05, 3.63) is 79.3 Å². The molecule has 1 nitrogen and oxygen atoms in total. The van der Waals surface area contributed by atoms with Gasteiger partial charge in [-0.15, -0.1) is 0 Å². The molecule has 3 aromatic rings. The molecule has 0 aliphatic heterocycles. The topological polar surface area (TPSA) is 20.2 Å². The van der Waals surface area contributed by atoms with E-state index in [1.807, 2.05) is 30.3 Å². The minimum atomic E-state index is -0.625. The minimum Gasteiger partial charge on any atom is -0.384 e. The smallest absolute Gasteiger partial charge is 0.106 e. The maximum absolute atomic E-state index is 11.0. The van der Waals surface area contributed by atoms with Gasteiger partial charge in [0.15, 0.2) is 0 Å². The standard InChI is InChI=1S/C18H14BrIO/c1-11-6-7-12-4-2-3-5-14(12)17(11)18(21)15-10-13(19)8-9-16(15)20/h2-10,18,21H,1H3. The van der Waals surface area contributed by atoms with Crippen LogP contribution < -0.4 is 0 Å². The lowest BCUT2D eigenvalue weighted by Gasteiger charge is -2.18. The minimum absolute atomic E-state index is 0.625. The van der Waals surface area contributed by atoms with Crippen LogP contribution in [-0.4, -0.2) is 5.11 Å². The Kier molecular flexibility index (Phi) is 4.33. The zero-order valence-electron chi connectivity index (χ0n) is 11.5. The first-order valence-electron chi connectivity index (χ1n) is 6.69. The van der Waals surface area contributed by atoms with Gasteiger partial charge in [-0.3, -0.25) is 0 Å². The Morgan fingerprint density at radius 1 is 1.05 bits per heavy atom. The van der Waals surface area contributed by atoms with Gasteiger partial charge in [0.25, 0.3) is 0 Å². The first-order valence-corrected chi connectivity index (χ1v) is 8.56. The fraction of sp³-hybridized carbons (Fsp3) is 0.111. The van der Waals surface area contributed by atoms with E-state index >= 15 is 0 Å². The molecule has 3 rings (SSSR count). The van der Waals surface area contributed by atoms with Crippen LogP contribution in [0.1, 0.15) is 22.8 Å². The number of aliphatic hydroxyl groups excluding tert-OH is 1. The second-order valence-electron chi connectivity index (χ2n) is 5.09. The highest BCUT2D eigenvalue weighted by Gasteiger charge is 2.18. The van der Waals surface area contributed by atoms with E-state index in [-0.39, 0.29) is 0 Å². The molecule has 0 bridgehead atoms. The predicted molar refractivity (Wildman–Crippen MR) is 99.6 cm³/mol. The average Bonchev–Trinajstić information content (AvgIpc) is 2.49. The molecule has 0 aromatic heterocycles. The van der Waals surface area contributed by atoms with E-state index in [4.69, 9.17) is 0 Å². The van der Waals surface area contributed by atoms with Crippen molar-refractivity contribution in [2.75, 3.05) is 0 Å². The molecular formula is C18H14BrIO. The molecule has 0 saturated heterocycles. The summed E-state index contributed by atoms with van der Waals surface area (Å²) in [4.78, 5) is 0. The van der Waals surface area contributed by atoms with Gasteiger partial charge in [0, 0.05) is 8.04 Å². The van der Waals surface area contributed by atoms with Crippen LogP contribution in [0.2, 0.25) is 0 Å². The van der Waals surface area contributed by atoms with E-state index < -0.39 is 6.10 Å². The summed E-state index contributed by atoms with van der Waals surface area (Å²) in [6.45, 7) is 2.05. The summed E-state index contributed by atoms with van der Waals surface area (Å²) < 4.78 is 2.05. The highest BCUT2D eigenvalue weighted by Crippen LogP contribution is 2.34. The van der Waals surface area contributed by atoms with Crippen molar-refractivity contribution < 1.29 is 5.11 Å². The van der Waals surface area contributed by atoms with Gasteiger partial charge >= 0.3 is 0 Å². The average molecular weight is 453 g/mol. The van der Waals surface area contributed by atoms with E-state index in [0.29, 0.717) is 0 Å². The van der Waals surface area contributed by atoms with Crippen LogP contribution >= 0.6 is 38.5 Å². The zero-order chi connectivity index (χ0) is 15.0. The monoisotopic (exact) mass is 452 g/mol. The number of halogens is 2. The first-order chi connectivity index (χ1) is 10.1. The highest BCUT2D eigenvalue weighted by atomic mass is 127. The molecule has 1 unspecified atom stereocenters. The third-order valence-corrected chi connectivity index (χ3v) is 5.19. The van der Waals surface area contributed by atoms with Crippen molar-refractivity contribution in [3.8, 4) is 0 Å². The fourth-order valence-corrected chi connectivity index (χ4v) is 3.66. The molecule has 3 heteroatoms. The van der Waals surface area contributed by atoms with E-state index in [0.717, 1.165) is 35.5 Å². The summed E-state index contributed by atoms with van der Waals surface area (Å²) in [5.41, 5.74) is 3.03. The molecule has 0 heterocycles. The third kappa shape index (κ3) is 2.87. The molecule has 0 amide bonds. The summed E-state index contributed by atoms with van der Waals surface area (Å²) in [6, 6.07) is 18.4. The number of fused-ring (bicyclic) bond motifs is 1. The number of rotatable bonds is 2. The zero-order valence-corrected chi connectivity index (χ0v) is 15.2. The molecular weight excluding hydrogens is 439 g/mol. The highest BCUT2D eigenvalue weighted by molar-refractivity contribution is 14.1. The van der Waals surface area contributed by atoms with Crippen LogP contribution in [0.5, 0.6) is 0 Å². The molecule has 0 saturated carbocycles. The quantitative estimate of drug-likeness (QED) is 0.502. The molecule has 1 N–H and O–H groups in total. The second-order valence-corrected chi connectivity index (χ2v) is 7.16. The fourth-order valence-electron chi connectivity index (χ4n) is 2.65. The van der Waals surface area contributed by atoms with Crippen molar-refractivity contribution in [1.29, 1.82) is 0 Å². The van der Waals surface area contributed by atoms with Gasteiger partial charge < -0.3 is 5.11 Å². The molecule has 0 aliphatic rings. The van der Waals surface area contributed by atoms with Gasteiger partial charge in [-0.25, -0.2) is 0 Å². The molecule has 106 valence electrons. The van der Waals surface area contributed by atoms with Crippen molar-refractivity contribution >= 4 is 49.3 Å². The molecule has 0 fully saturated rings. The van der Waals surface area contributed by atoms with Gasteiger partial charge in [-0.2, -0.15) is 0 Å². The summed E-state index contributed by atoms with van der Waals surface area (Å²) in [6.07, 6.45) is -0.625. The molecule has 0 radical (unpaired) electrons. The van der Waals surface area contributed by atoms with E-state index in [1.54, 1.807) is 0 Å². The normalized spacial score (nSPS) is 12.6.